The first kappa shape index (κ1) is 21.7. The van der Waals surface area contributed by atoms with Crippen molar-refractivity contribution in [3.8, 4) is 22.9 Å². The lowest BCUT2D eigenvalue weighted by Gasteiger charge is -2.30. The summed E-state index contributed by atoms with van der Waals surface area (Å²) in [4.78, 5) is 19.5. The summed E-state index contributed by atoms with van der Waals surface area (Å²) in [5.41, 5.74) is 2.86. The fraction of sp³-hybridized carbons (Fsp3) is 0.360. The second-order valence-electron chi connectivity index (χ2n) is 8.15. The van der Waals surface area contributed by atoms with Crippen molar-refractivity contribution in [3.05, 3.63) is 54.1 Å². The maximum absolute atomic E-state index is 13.2. The van der Waals surface area contributed by atoms with Crippen molar-refractivity contribution in [2.24, 2.45) is 0 Å². The van der Waals surface area contributed by atoms with Crippen LogP contribution < -0.4 is 14.4 Å². The van der Waals surface area contributed by atoms with Gasteiger partial charge in [0.25, 0.3) is 0 Å². The van der Waals surface area contributed by atoms with Gasteiger partial charge in [-0.2, -0.15) is 4.98 Å². The normalized spacial score (nSPS) is 17.6. The Morgan fingerprint density at radius 2 is 1.88 bits per heavy atom. The predicted molar refractivity (Wildman–Crippen MR) is 128 cm³/mol. The van der Waals surface area contributed by atoms with Gasteiger partial charge in [0.15, 0.2) is 5.69 Å². The average molecular weight is 463 g/mol. The van der Waals surface area contributed by atoms with E-state index in [0.29, 0.717) is 23.2 Å². The molecule has 3 aromatic rings. The number of nitrogens with zero attached hydrogens (tertiary/aromatic N) is 4. The van der Waals surface area contributed by atoms with Crippen LogP contribution in [0, 0.1) is 0 Å². The van der Waals surface area contributed by atoms with Crippen LogP contribution in [0.1, 0.15) is 50.8 Å². The predicted octanol–water partition coefficient (Wildman–Crippen LogP) is 5.42. The summed E-state index contributed by atoms with van der Waals surface area (Å²) < 4.78 is 12.5. The van der Waals surface area contributed by atoms with Gasteiger partial charge in [0.1, 0.15) is 5.75 Å². The molecule has 0 radical (unpaired) electrons. The van der Waals surface area contributed by atoms with Crippen LogP contribution in [0.25, 0.3) is 11.3 Å². The van der Waals surface area contributed by atoms with E-state index < -0.39 is 6.23 Å². The van der Waals surface area contributed by atoms with Crippen molar-refractivity contribution in [2.45, 2.75) is 56.5 Å². The van der Waals surface area contributed by atoms with Gasteiger partial charge in [0, 0.05) is 17.5 Å². The molecular weight excluding hydrogens is 436 g/mol. The van der Waals surface area contributed by atoms with Gasteiger partial charge >= 0.3 is 0 Å². The van der Waals surface area contributed by atoms with E-state index in [1.807, 2.05) is 61.7 Å². The standard InChI is InChI=1S/C25H26N4O3S/c1-3-21(30)29-20-11-7-6-10-19(20)22-23(26-25(33-2)28-27-22)32-24(29)16-12-14-18(15-13-16)31-17-8-4-5-9-17/h6-7,10-15,17,24H,3-5,8-9H2,1-2H3/t24-/m1/s1. The van der Waals surface area contributed by atoms with Gasteiger partial charge in [-0.15, -0.1) is 10.2 Å². The summed E-state index contributed by atoms with van der Waals surface area (Å²) in [6, 6.07) is 15.5. The molecule has 0 bridgehead atoms. The lowest BCUT2D eigenvalue weighted by atomic mass is 10.1. The van der Waals surface area contributed by atoms with E-state index in [1.54, 1.807) is 4.90 Å². The lowest BCUT2D eigenvalue weighted by Crippen LogP contribution is -2.37. The minimum absolute atomic E-state index is 0.0513. The number of amides is 1. The molecule has 1 fully saturated rings. The van der Waals surface area contributed by atoms with Crippen LogP contribution in [-0.4, -0.2) is 33.4 Å². The number of hydrogen-bond acceptors (Lipinski definition) is 7. The number of carbonyl (C=O) groups is 1. The molecule has 8 heteroatoms. The minimum atomic E-state index is -0.688. The quantitative estimate of drug-likeness (QED) is 0.469. The van der Waals surface area contributed by atoms with Crippen molar-refractivity contribution in [3.63, 3.8) is 0 Å². The first-order chi connectivity index (χ1) is 16.2. The summed E-state index contributed by atoms with van der Waals surface area (Å²) in [5.74, 6) is 1.15. The van der Waals surface area contributed by atoms with Crippen molar-refractivity contribution >= 4 is 23.4 Å². The van der Waals surface area contributed by atoms with Crippen LogP contribution in [-0.2, 0) is 4.79 Å². The Kier molecular flexibility index (Phi) is 6.17. The highest BCUT2D eigenvalue weighted by Crippen LogP contribution is 2.43. The third kappa shape index (κ3) is 4.27. The lowest BCUT2D eigenvalue weighted by molar-refractivity contribution is -0.120. The molecule has 7 nitrogen and oxygen atoms in total. The van der Waals surface area contributed by atoms with E-state index >= 15 is 0 Å². The van der Waals surface area contributed by atoms with Gasteiger partial charge in [-0.1, -0.05) is 36.9 Å². The van der Waals surface area contributed by atoms with E-state index in [9.17, 15) is 4.79 Å². The Hall–Kier alpha value is -3.13. The molecule has 2 aliphatic rings. The zero-order valence-corrected chi connectivity index (χ0v) is 19.5. The maximum Gasteiger partial charge on any atom is 0.247 e. The topological polar surface area (TPSA) is 77.4 Å². The number of para-hydroxylation sites is 1. The average Bonchev–Trinajstić information content (AvgIpc) is 3.32. The van der Waals surface area contributed by atoms with Crippen LogP contribution in [0.5, 0.6) is 11.6 Å². The highest BCUT2D eigenvalue weighted by atomic mass is 32.2. The number of thioether (sulfide) groups is 1. The minimum Gasteiger partial charge on any atom is -0.490 e. The Morgan fingerprint density at radius 1 is 1.12 bits per heavy atom. The maximum atomic E-state index is 13.2. The van der Waals surface area contributed by atoms with Crippen molar-refractivity contribution < 1.29 is 14.3 Å². The van der Waals surface area contributed by atoms with Crippen LogP contribution in [0.3, 0.4) is 0 Å². The summed E-state index contributed by atoms with van der Waals surface area (Å²) >= 11 is 1.39. The number of aromatic nitrogens is 3. The molecular formula is C25H26N4O3S. The Morgan fingerprint density at radius 3 is 2.61 bits per heavy atom. The third-order valence-electron chi connectivity index (χ3n) is 6.04. The summed E-state index contributed by atoms with van der Waals surface area (Å²) in [7, 11) is 0. The molecule has 1 amide bonds. The van der Waals surface area contributed by atoms with Crippen molar-refractivity contribution in [1.29, 1.82) is 0 Å². The van der Waals surface area contributed by atoms with E-state index in [-0.39, 0.29) is 12.0 Å². The highest BCUT2D eigenvalue weighted by molar-refractivity contribution is 7.98. The van der Waals surface area contributed by atoms with Gasteiger partial charge in [-0.05, 0) is 62.3 Å². The zero-order chi connectivity index (χ0) is 22.8. The van der Waals surface area contributed by atoms with Crippen LogP contribution in [0.4, 0.5) is 5.69 Å². The van der Waals surface area contributed by atoms with E-state index in [4.69, 9.17) is 9.47 Å². The molecule has 1 aliphatic heterocycles. The Balaban J connectivity index is 1.58. The third-order valence-corrected chi connectivity index (χ3v) is 6.57. The molecule has 1 aliphatic carbocycles. The molecule has 0 spiro atoms. The summed E-state index contributed by atoms with van der Waals surface area (Å²) in [5, 5.41) is 9.11. The largest absolute Gasteiger partial charge is 0.490 e. The van der Waals surface area contributed by atoms with Gasteiger partial charge in [-0.3, -0.25) is 9.69 Å². The second-order valence-corrected chi connectivity index (χ2v) is 8.92. The van der Waals surface area contributed by atoms with E-state index in [1.165, 1.54) is 24.6 Å². The highest BCUT2D eigenvalue weighted by Gasteiger charge is 2.35. The number of carbonyl (C=O) groups excluding carboxylic acids is 1. The monoisotopic (exact) mass is 462 g/mol. The molecule has 0 N–H and O–H groups in total. The summed E-state index contributed by atoms with van der Waals surface area (Å²) in [6.45, 7) is 1.85. The number of ether oxygens (including phenoxy) is 2. The number of benzene rings is 2. The molecule has 2 heterocycles. The van der Waals surface area contributed by atoms with Gasteiger partial charge < -0.3 is 9.47 Å². The Bertz CT molecular complexity index is 1150. The van der Waals surface area contributed by atoms with Crippen molar-refractivity contribution in [2.75, 3.05) is 11.2 Å². The van der Waals surface area contributed by atoms with E-state index in [2.05, 4.69) is 15.2 Å². The number of hydrogen-bond donors (Lipinski definition) is 0. The first-order valence-electron chi connectivity index (χ1n) is 11.3. The van der Waals surface area contributed by atoms with Crippen LogP contribution in [0.15, 0.2) is 53.7 Å². The van der Waals surface area contributed by atoms with Crippen molar-refractivity contribution in [1.82, 2.24) is 15.2 Å². The van der Waals surface area contributed by atoms with Gasteiger partial charge in [0.05, 0.1) is 11.8 Å². The fourth-order valence-corrected chi connectivity index (χ4v) is 4.66. The van der Waals surface area contributed by atoms with Gasteiger partial charge in [0.2, 0.25) is 23.2 Å². The number of anilines is 1. The molecule has 0 saturated heterocycles. The molecule has 170 valence electrons. The smallest absolute Gasteiger partial charge is 0.247 e. The van der Waals surface area contributed by atoms with E-state index in [0.717, 1.165) is 35.4 Å². The van der Waals surface area contributed by atoms with Crippen LogP contribution >= 0.6 is 11.8 Å². The molecule has 5 rings (SSSR count). The molecule has 1 atom stereocenters. The second kappa shape index (κ2) is 9.39. The zero-order valence-electron chi connectivity index (χ0n) is 18.7. The fourth-order valence-electron chi connectivity index (χ4n) is 4.37. The molecule has 1 aromatic heterocycles. The Labute approximate surface area is 197 Å². The number of fused-ring (bicyclic) bond motifs is 3. The number of rotatable bonds is 5. The molecule has 0 unspecified atom stereocenters. The molecule has 33 heavy (non-hydrogen) atoms. The van der Waals surface area contributed by atoms with Gasteiger partial charge in [-0.25, -0.2) is 0 Å². The van der Waals surface area contributed by atoms with Crippen LogP contribution in [0.2, 0.25) is 0 Å². The first-order valence-corrected chi connectivity index (χ1v) is 12.5. The molecule has 1 saturated carbocycles. The SMILES string of the molecule is CCC(=O)N1c2ccccc2-c2nnc(SC)nc2O[C@@H]1c1ccc(OC2CCCC2)cc1. The molecule has 2 aromatic carbocycles. The summed E-state index contributed by atoms with van der Waals surface area (Å²) in [6.07, 6.45) is 6.47.